The number of hydrogen-bond donors (Lipinski definition) is 4. The van der Waals surface area contributed by atoms with Gasteiger partial charge in [-0.1, -0.05) is 30.3 Å². The number of nitrogen functional groups attached to an aromatic ring is 1. The smallest absolute Gasteiger partial charge is 0.305 e. The van der Waals surface area contributed by atoms with E-state index in [2.05, 4.69) is 5.32 Å². The average molecular weight is 490 g/mol. The van der Waals surface area contributed by atoms with Crippen LogP contribution in [0.5, 0.6) is 0 Å². The van der Waals surface area contributed by atoms with Gasteiger partial charge < -0.3 is 20.7 Å². The molecule has 10 heteroatoms. The van der Waals surface area contributed by atoms with E-state index in [1.165, 1.54) is 0 Å². The lowest BCUT2D eigenvalue weighted by Gasteiger charge is -2.12. The SMILES string of the molecule is C[S+]([O-])c1cccc(-n2c(-c3ccc(C(=N)N)cc3)nc3cc(C(=O)NCCC(=O)O)ccc32)c1. The molecule has 0 bridgehead atoms. The van der Waals surface area contributed by atoms with E-state index < -0.39 is 23.1 Å². The third-order valence-electron chi connectivity index (χ3n) is 5.40. The molecule has 5 N–H and O–H groups in total. The molecule has 9 nitrogen and oxygen atoms in total. The first-order chi connectivity index (χ1) is 16.7. The monoisotopic (exact) mass is 489 g/mol. The minimum atomic E-state index is -1.18. The number of benzene rings is 3. The number of amides is 1. The molecule has 3 aromatic carbocycles. The number of carboxylic acids is 1. The molecule has 0 fully saturated rings. The van der Waals surface area contributed by atoms with Crippen LogP contribution in [0.3, 0.4) is 0 Å². The second-order valence-corrected chi connectivity index (χ2v) is 9.20. The number of amidine groups is 1. The molecule has 4 rings (SSSR count). The summed E-state index contributed by atoms with van der Waals surface area (Å²) < 4.78 is 14.0. The summed E-state index contributed by atoms with van der Waals surface area (Å²) in [4.78, 5) is 28.7. The maximum Gasteiger partial charge on any atom is 0.305 e. The fourth-order valence-electron chi connectivity index (χ4n) is 3.66. The zero-order chi connectivity index (χ0) is 25.1. The first-order valence-corrected chi connectivity index (χ1v) is 12.2. The van der Waals surface area contributed by atoms with Gasteiger partial charge in [-0.25, -0.2) is 4.98 Å². The minimum absolute atomic E-state index is 0.0232. The van der Waals surface area contributed by atoms with Crippen molar-refractivity contribution in [3.05, 3.63) is 77.9 Å². The molecular weight excluding hydrogens is 466 g/mol. The quantitative estimate of drug-likeness (QED) is 0.169. The van der Waals surface area contributed by atoms with Gasteiger partial charge in [0.05, 0.1) is 23.1 Å². The van der Waals surface area contributed by atoms with Gasteiger partial charge in [-0.05, 0) is 41.5 Å². The van der Waals surface area contributed by atoms with Gasteiger partial charge in [0, 0.05) is 29.3 Å². The maximum absolute atomic E-state index is 12.5. The van der Waals surface area contributed by atoms with Crippen molar-refractivity contribution < 1.29 is 19.2 Å². The molecule has 1 heterocycles. The fourth-order valence-corrected chi connectivity index (χ4v) is 4.22. The van der Waals surface area contributed by atoms with Crippen LogP contribution in [0.25, 0.3) is 28.1 Å². The van der Waals surface area contributed by atoms with E-state index in [1.54, 1.807) is 42.7 Å². The molecule has 0 aliphatic heterocycles. The van der Waals surface area contributed by atoms with Crippen molar-refractivity contribution >= 4 is 39.9 Å². The van der Waals surface area contributed by atoms with E-state index in [-0.39, 0.29) is 18.8 Å². The number of carboxylic acid groups (broad SMARTS) is 1. The van der Waals surface area contributed by atoms with Crippen LogP contribution in [0.4, 0.5) is 0 Å². The van der Waals surface area contributed by atoms with Crippen LogP contribution in [-0.2, 0) is 16.0 Å². The van der Waals surface area contributed by atoms with Crippen molar-refractivity contribution in [1.29, 1.82) is 5.41 Å². The molecule has 0 saturated carbocycles. The number of aliphatic carboxylic acids is 1. The molecular formula is C25H23N5O4S. The van der Waals surface area contributed by atoms with E-state index in [0.29, 0.717) is 27.4 Å². The number of aromatic nitrogens is 2. The van der Waals surface area contributed by atoms with Crippen LogP contribution < -0.4 is 11.1 Å². The molecule has 4 aromatic rings. The third-order valence-corrected chi connectivity index (χ3v) is 6.32. The van der Waals surface area contributed by atoms with Gasteiger partial charge in [-0.2, -0.15) is 0 Å². The minimum Gasteiger partial charge on any atom is -0.612 e. The summed E-state index contributed by atoms with van der Waals surface area (Å²) in [6.45, 7) is 0.0232. The van der Waals surface area contributed by atoms with E-state index in [0.717, 1.165) is 16.8 Å². The lowest BCUT2D eigenvalue weighted by atomic mass is 10.1. The fraction of sp³-hybridized carbons (Fsp3) is 0.120. The number of hydrogen-bond acceptors (Lipinski definition) is 5. The van der Waals surface area contributed by atoms with Gasteiger partial charge in [0.25, 0.3) is 5.91 Å². The summed E-state index contributed by atoms with van der Waals surface area (Å²) in [7, 11) is 0. The molecule has 0 radical (unpaired) electrons. The molecule has 0 spiro atoms. The zero-order valence-corrected chi connectivity index (χ0v) is 19.6. The van der Waals surface area contributed by atoms with Crippen LogP contribution in [0, 0.1) is 5.41 Å². The number of fused-ring (bicyclic) bond motifs is 1. The summed E-state index contributed by atoms with van der Waals surface area (Å²) in [5.41, 5.74) is 9.34. The van der Waals surface area contributed by atoms with Crippen molar-refractivity contribution in [1.82, 2.24) is 14.9 Å². The standard InChI is InChI=1S/C25H23N5O4S/c1-35(34)19-4-2-3-18(14-19)30-21-10-9-17(25(33)28-12-11-22(31)32)13-20(21)29-24(30)16-7-5-15(6-8-16)23(26)27/h2-10,13-14H,11-12H2,1H3,(H3,26,27)(H,28,33)(H,31,32). The molecule has 35 heavy (non-hydrogen) atoms. The van der Waals surface area contributed by atoms with Gasteiger partial charge in [0.15, 0.2) is 4.90 Å². The molecule has 1 unspecified atom stereocenters. The van der Waals surface area contributed by atoms with Crippen LogP contribution in [-0.4, -0.2) is 49.7 Å². The topological polar surface area (TPSA) is 157 Å². The third kappa shape index (κ3) is 5.18. The highest BCUT2D eigenvalue weighted by molar-refractivity contribution is 7.90. The molecule has 178 valence electrons. The lowest BCUT2D eigenvalue weighted by Crippen LogP contribution is -2.25. The van der Waals surface area contributed by atoms with Gasteiger partial charge in [-0.3, -0.25) is 19.6 Å². The first-order valence-electron chi connectivity index (χ1n) is 10.7. The van der Waals surface area contributed by atoms with Crippen LogP contribution >= 0.6 is 0 Å². The van der Waals surface area contributed by atoms with E-state index in [9.17, 15) is 14.1 Å². The highest BCUT2D eigenvalue weighted by Crippen LogP contribution is 2.30. The van der Waals surface area contributed by atoms with E-state index in [1.807, 2.05) is 34.9 Å². The number of rotatable bonds is 8. The highest BCUT2D eigenvalue weighted by atomic mass is 32.2. The Morgan fingerprint density at radius 2 is 1.83 bits per heavy atom. The predicted molar refractivity (Wildman–Crippen MR) is 134 cm³/mol. The lowest BCUT2D eigenvalue weighted by molar-refractivity contribution is -0.136. The average Bonchev–Trinajstić information content (AvgIpc) is 3.22. The summed E-state index contributed by atoms with van der Waals surface area (Å²) in [6.07, 6.45) is 1.44. The Kier molecular flexibility index (Phi) is 6.85. The van der Waals surface area contributed by atoms with E-state index >= 15 is 0 Å². The number of nitrogens with two attached hydrogens (primary N) is 1. The Morgan fingerprint density at radius 3 is 2.49 bits per heavy atom. The number of nitrogens with one attached hydrogen (secondary N) is 2. The normalized spacial score (nSPS) is 11.8. The van der Waals surface area contributed by atoms with Gasteiger partial charge in [-0.15, -0.1) is 0 Å². The number of carbonyl (C=O) groups excluding carboxylic acids is 1. The summed E-state index contributed by atoms with van der Waals surface area (Å²) >= 11 is -1.18. The van der Waals surface area contributed by atoms with Crippen LogP contribution in [0.15, 0.2) is 71.6 Å². The highest BCUT2D eigenvalue weighted by Gasteiger charge is 2.18. The first kappa shape index (κ1) is 24.0. The van der Waals surface area contributed by atoms with Crippen molar-refractivity contribution in [2.24, 2.45) is 5.73 Å². The van der Waals surface area contributed by atoms with Crippen LogP contribution in [0.1, 0.15) is 22.3 Å². The van der Waals surface area contributed by atoms with Crippen molar-refractivity contribution in [2.45, 2.75) is 11.3 Å². The van der Waals surface area contributed by atoms with Gasteiger partial charge in [0.1, 0.15) is 17.9 Å². The number of nitrogens with zero attached hydrogens (tertiary/aromatic N) is 2. The Morgan fingerprint density at radius 1 is 1.11 bits per heavy atom. The largest absolute Gasteiger partial charge is 0.612 e. The molecule has 1 aromatic heterocycles. The Balaban J connectivity index is 1.83. The summed E-state index contributed by atoms with van der Waals surface area (Å²) in [6, 6.07) is 19.5. The van der Waals surface area contributed by atoms with Gasteiger partial charge in [0.2, 0.25) is 0 Å². The second-order valence-electron chi connectivity index (χ2n) is 7.82. The predicted octanol–water partition coefficient (Wildman–Crippen LogP) is 2.92. The van der Waals surface area contributed by atoms with Crippen molar-refractivity contribution in [3.8, 4) is 17.1 Å². The van der Waals surface area contributed by atoms with Crippen molar-refractivity contribution in [3.63, 3.8) is 0 Å². The van der Waals surface area contributed by atoms with Gasteiger partial charge >= 0.3 is 5.97 Å². The summed E-state index contributed by atoms with van der Waals surface area (Å²) in [5, 5.41) is 19.0. The number of carbonyl (C=O) groups is 2. The Bertz CT molecular complexity index is 1430. The van der Waals surface area contributed by atoms with Crippen molar-refractivity contribution in [2.75, 3.05) is 12.8 Å². The molecule has 1 amide bonds. The molecule has 1 atom stereocenters. The zero-order valence-electron chi connectivity index (χ0n) is 18.8. The van der Waals surface area contributed by atoms with Crippen LogP contribution in [0.2, 0.25) is 0 Å². The Labute approximate surface area is 204 Å². The molecule has 0 aliphatic carbocycles. The Hall–Kier alpha value is -4.15. The van der Waals surface area contributed by atoms with E-state index in [4.69, 9.17) is 21.2 Å². The molecule has 0 saturated heterocycles. The maximum atomic E-state index is 12.5. The second kappa shape index (κ2) is 10.00. The summed E-state index contributed by atoms with van der Waals surface area (Å²) in [5.74, 6) is -0.826. The molecule has 0 aliphatic rings. The number of imidazole rings is 1.